The van der Waals surface area contributed by atoms with E-state index in [2.05, 4.69) is 15.2 Å². The van der Waals surface area contributed by atoms with Crippen LogP contribution in [0, 0.1) is 0 Å². The van der Waals surface area contributed by atoms with Gasteiger partial charge in [0.05, 0.1) is 18.3 Å². The number of benzene rings is 1. The molecule has 1 aromatic carbocycles. The maximum atomic E-state index is 14.1. The first-order chi connectivity index (χ1) is 14.0. The Hall–Kier alpha value is -2.32. The van der Waals surface area contributed by atoms with E-state index in [1.807, 2.05) is 0 Å². The summed E-state index contributed by atoms with van der Waals surface area (Å²) in [6.07, 6.45) is -3.96. The predicted molar refractivity (Wildman–Crippen MR) is 107 cm³/mol. The molecule has 0 saturated heterocycles. The molecule has 1 aliphatic rings. The van der Waals surface area contributed by atoms with Gasteiger partial charge in [-0.1, -0.05) is 25.4 Å². The first-order valence-electron chi connectivity index (χ1n) is 9.53. The highest BCUT2D eigenvalue weighted by Crippen LogP contribution is 2.47. The molecule has 0 radical (unpaired) electrons. The van der Waals surface area contributed by atoms with Crippen LogP contribution >= 0.6 is 11.6 Å². The van der Waals surface area contributed by atoms with E-state index in [9.17, 15) is 18.3 Å². The van der Waals surface area contributed by atoms with Gasteiger partial charge in [0.1, 0.15) is 11.3 Å². The molecule has 0 spiro atoms. The molecule has 1 atom stereocenters. The maximum absolute atomic E-state index is 14.1. The van der Waals surface area contributed by atoms with Crippen LogP contribution in [-0.4, -0.2) is 38.7 Å². The monoisotopic (exact) mass is 439 g/mol. The summed E-state index contributed by atoms with van der Waals surface area (Å²) in [6.45, 7) is 3.78. The van der Waals surface area contributed by atoms with Crippen LogP contribution in [0.5, 0.6) is 5.75 Å². The van der Waals surface area contributed by atoms with Crippen LogP contribution in [0.3, 0.4) is 0 Å². The average molecular weight is 440 g/mol. The number of ether oxygens (including phenoxy) is 1. The van der Waals surface area contributed by atoms with Crippen LogP contribution in [0.2, 0.25) is 5.02 Å². The minimum absolute atomic E-state index is 0.230. The summed E-state index contributed by atoms with van der Waals surface area (Å²) >= 11 is 6.21. The lowest BCUT2D eigenvalue weighted by Crippen LogP contribution is -2.51. The number of fused-ring (bicyclic) bond motifs is 2. The highest BCUT2D eigenvalue weighted by Gasteiger charge is 2.56. The Morgan fingerprint density at radius 1 is 1.23 bits per heavy atom. The fourth-order valence-corrected chi connectivity index (χ4v) is 4.44. The van der Waals surface area contributed by atoms with Crippen molar-refractivity contribution in [3.63, 3.8) is 0 Å². The number of halogens is 4. The van der Waals surface area contributed by atoms with Crippen molar-refractivity contribution in [3.8, 4) is 5.75 Å². The van der Waals surface area contributed by atoms with Crippen molar-refractivity contribution >= 4 is 22.6 Å². The van der Waals surface area contributed by atoms with E-state index in [0.717, 1.165) is 5.56 Å². The lowest BCUT2D eigenvalue weighted by molar-refractivity contribution is -0.266. The molecule has 1 aliphatic heterocycles. The number of rotatable bonds is 5. The molecule has 2 aromatic heterocycles. The van der Waals surface area contributed by atoms with E-state index in [-0.39, 0.29) is 5.69 Å². The standard InChI is InChI=1S/C21H21ClF3N3O2/c1-19(2,15-8-13(22)7-12-4-6-30-18(12)15)11-20(29,21(23,24)25)10-14-9-17-16(27-14)3-5-26-28-17/h3,5,7-9,27,29H,4,6,10-11H2,1-2H3. The number of hydrogen-bond donors (Lipinski definition) is 2. The van der Waals surface area contributed by atoms with Crippen molar-refractivity contribution in [2.75, 3.05) is 6.61 Å². The number of nitrogens with one attached hydrogen (secondary N) is 1. The van der Waals surface area contributed by atoms with Crippen LogP contribution < -0.4 is 4.74 Å². The van der Waals surface area contributed by atoms with Crippen molar-refractivity contribution in [2.45, 2.75) is 50.3 Å². The van der Waals surface area contributed by atoms with E-state index < -0.39 is 30.0 Å². The van der Waals surface area contributed by atoms with E-state index in [1.165, 1.54) is 12.3 Å². The number of aromatic amines is 1. The highest BCUT2D eigenvalue weighted by atomic mass is 35.5. The minimum Gasteiger partial charge on any atom is -0.493 e. The van der Waals surface area contributed by atoms with Gasteiger partial charge in [-0.3, -0.25) is 0 Å². The van der Waals surface area contributed by atoms with Crippen LogP contribution in [0.1, 0.15) is 37.1 Å². The highest BCUT2D eigenvalue weighted by molar-refractivity contribution is 6.30. The Kier molecular flexibility index (Phi) is 4.97. The predicted octanol–water partition coefficient (Wildman–Crippen LogP) is 4.75. The van der Waals surface area contributed by atoms with Crippen molar-refractivity contribution in [3.05, 3.63) is 52.3 Å². The molecule has 0 amide bonds. The molecule has 9 heteroatoms. The van der Waals surface area contributed by atoms with Crippen LogP contribution in [0.15, 0.2) is 30.5 Å². The number of nitrogens with zero attached hydrogens (tertiary/aromatic N) is 2. The van der Waals surface area contributed by atoms with Crippen LogP contribution in [0.25, 0.3) is 11.0 Å². The van der Waals surface area contributed by atoms with Crippen molar-refractivity contribution in [1.29, 1.82) is 0 Å². The fourth-order valence-electron chi connectivity index (χ4n) is 4.20. The Labute approximate surface area is 176 Å². The van der Waals surface area contributed by atoms with Gasteiger partial charge in [0, 0.05) is 29.1 Å². The number of alkyl halides is 3. The number of H-pyrrole nitrogens is 1. The summed E-state index contributed by atoms with van der Waals surface area (Å²) < 4.78 is 48.0. The van der Waals surface area contributed by atoms with E-state index >= 15 is 0 Å². The lowest BCUT2D eigenvalue weighted by atomic mass is 9.73. The molecule has 5 nitrogen and oxygen atoms in total. The summed E-state index contributed by atoms with van der Waals surface area (Å²) in [5, 5.41) is 18.9. The van der Waals surface area contributed by atoms with Gasteiger partial charge in [-0.05, 0) is 41.7 Å². The number of aromatic nitrogens is 3. The van der Waals surface area contributed by atoms with Crippen molar-refractivity contribution in [2.24, 2.45) is 0 Å². The van der Waals surface area contributed by atoms with Crippen molar-refractivity contribution in [1.82, 2.24) is 15.2 Å². The third kappa shape index (κ3) is 3.74. The third-order valence-corrected chi connectivity index (χ3v) is 5.80. The molecule has 160 valence electrons. The van der Waals surface area contributed by atoms with E-state index in [4.69, 9.17) is 16.3 Å². The molecule has 1 unspecified atom stereocenters. The van der Waals surface area contributed by atoms with Gasteiger partial charge < -0.3 is 14.8 Å². The summed E-state index contributed by atoms with van der Waals surface area (Å²) in [6, 6.07) is 6.49. The molecule has 0 saturated carbocycles. The average Bonchev–Trinajstić information content (AvgIpc) is 3.24. The van der Waals surface area contributed by atoms with E-state index in [0.29, 0.717) is 40.4 Å². The maximum Gasteiger partial charge on any atom is 0.417 e. The van der Waals surface area contributed by atoms with Gasteiger partial charge in [-0.25, -0.2) is 0 Å². The van der Waals surface area contributed by atoms with E-state index in [1.54, 1.807) is 32.0 Å². The molecule has 0 fully saturated rings. The van der Waals surface area contributed by atoms with Crippen LogP contribution in [-0.2, 0) is 18.3 Å². The second-order valence-electron chi connectivity index (χ2n) is 8.43. The van der Waals surface area contributed by atoms with Crippen molar-refractivity contribution < 1.29 is 23.0 Å². The molecule has 2 N–H and O–H groups in total. The normalized spacial score (nSPS) is 16.4. The molecular formula is C21H21ClF3N3O2. The molecule has 0 aliphatic carbocycles. The van der Waals surface area contributed by atoms with Gasteiger partial charge in [0.25, 0.3) is 0 Å². The topological polar surface area (TPSA) is 71.0 Å². The van der Waals surface area contributed by atoms with Gasteiger partial charge >= 0.3 is 6.18 Å². The molecule has 3 heterocycles. The minimum atomic E-state index is -4.85. The van der Waals surface area contributed by atoms with Gasteiger partial charge in [0.15, 0.2) is 5.60 Å². The van der Waals surface area contributed by atoms with Crippen LogP contribution in [0.4, 0.5) is 13.2 Å². The number of aliphatic hydroxyl groups is 1. The zero-order valence-corrected chi connectivity index (χ0v) is 17.2. The first kappa shape index (κ1) is 20.9. The number of hydrogen-bond acceptors (Lipinski definition) is 4. The Morgan fingerprint density at radius 3 is 2.70 bits per heavy atom. The van der Waals surface area contributed by atoms with Gasteiger partial charge in [0.2, 0.25) is 0 Å². The molecule has 0 bridgehead atoms. The Morgan fingerprint density at radius 2 is 2.00 bits per heavy atom. The lowest BCUT2D eigenvalue weighted by Gasteiger charge is -2.38. The SMILES string of the molecule is CC(C)(CC(O)(Cc1cc2nnccc2[nH]1)C(F)(F)F)c1cc(Cl)cc2c1OCC2. The summed E-state index contributed by atoms with van der Waals surface area (Å²) in [4.78, 5) is 2.89. The smallest absolute Gasteiger partial charge is 0.417 e. The fraction of sp³-hybridized carbons (Fsp3) is 0.429. The Balaban J connectivity index is 1.71. The first-order valence-corrected chi connectivity index (χ1v) is 9.90. The molecule has 3 aromatic rings. The quantitative estimate of drug-likeness (QED) is 0.602. The van der Waals surface area contributed by atoms with Gasteiger partial charge in [-0.2, -0.15) is 18.3 Å². The zero-order chi connectivity index (χ0) is 21.7. The largest absolute Gasteiger partial charge is 0.493 e. The molecule has 30 heavy (non-hydrogen) atoms. The van der Waals surface area contributed by atoms with Gasteiger partial charge in [-0.15, -0.1) is 5.10 Å². The molecular weight excluding hydrogens is 419 g/mol. The zero-order valence-electron chi connectivity index (χ0n) is 16.5. The Bertz CT molecular complexity index is 1060. The summed E-state index contributed by atoms with van der Waals surface area (Å²) in [5.41, 5.74) is -1.37. The summed E-state index contributed by atoms with van der Waals surface area (Å²) in [5.74, 6) is 0.565. The third-order valence-electron chi connectivity index (χ3n) is 5.58. The summed E-state index contributed by atoms with van der Waals surface area (Å²) in [7, 11) is 0. The second kappa shape index (κ2) is 7.13. The second-order valence-corrected chi connectivity index (χ2v) is 8.87. The molecule has 4 rings (SSSR count).